The molecule has 0 atom stereocenters. The molecular formula is C23H19N3O7S. The highest BCUT2D eigenvalue weighted by molar-refractivity contribution is 8.18. The van der Waals surface area contributed by atoms with Gasteiger partial charge in [0.2, 0.25) is 5.76 Å². The molecule has 0 bridgehead atoms. The van der Waals surface area contributed by atoms with Crippen molar-refractivity contribution in [1.82, 2.24) is 9.47 Å². The lowest BCUT2D eigenvalue weighted by Gasteiger charge is -2.10. The van der Waals surface area contributed by atoms with Crippen LogP contribution in [0.25, 0.3) is 11.8 Å². The topological polar surface area (TPSA) is 125 Å². The van der Waals surface area contributed by atoms with Gasteiger partial charge in [0.05, 0.1) is 23.5 Å². The quantitative estimate of drug-likeness (QED) is 0.216. The highest BCUT2D eigenvalue weighted by Gasteiger charge is 2.36. The number of carbonyl (C=O) groups is 3. The Balaban J connectivity index is 1.57. The minimum atomic E-state index is -0.649. The third kappa shape index (κ3) is 4.25. The minimum Gasteiger partial charge on any atom is -0.463 e. The summed E-state index contributed by atoms with van der Waals surface area (Å²) in [6, 6.07) is 11.0. The van der Waals surface area contributed by atoms with Crippen molar-refractivity contribution in [3.8, 4) is 5.69 Å². The summed E-state index contributed by atoms with van der Waals surface area (Å²) in [5.41, 5.74) is 3.16. The average Bonchev–Trinajstić information content (AvgIpc) is 3.47. The van der Waals surface area contributed by atoms with Crippen molar-refractivity contribution in [3.05, 3.63) is 86.0 Å². The van der Waals surface area contributed by atoms with Crippen molar-refractivity contribution in [2.45, 2.75) is 20.4 Å². The summed E-state index contributed by atoms with van der Waals surface area (Å²) in [5, 5.41) is 10.5. The fraction of sp³-hybridized carbons (Fsp3) is 0.174. The number of aryl methyl sites for hydroxylation is 1. The Kier molecular flexibility index (Phi) is 6.12. The highest BCUT2D eigenvalue weighted by Crippen LogP contribution is 2.35. The lowest BCUT2D eigenvalue weighted by atomic mass is 10.2. The van der Waals surface area contributed by atoms with Gasteiger partial charge >= 0.3 is 5.97 Å². The molecule has 0 N–H and O–H groups in total. The van der Waals surface area contributed by atoms with Crippen molar-refractivity contribution in [3.63, 3.8) is 0 Å². The number of amides is 2. The molecule has 10 nitrogen and oxygen atoms in total. The lowest BCUT2D eigenvalue weighted by molar-refractivity contribution is -0.384. The van der Waals surface area contributed by atoms with Gasteiger partial charge in [-0.25, -0.2) is 4.79 Å². The van der Waals surface area contributed by atoms with Crippen molar-refractivity contribution < 1.29 is 28.5 Å². The van der Waals surface area contributed by atoms with Gasteiger partial charge in [0, 0.05) is 29.2 Å². The summed E-state index contributed by atoms with van der Waals surface area (Å²) < 4.78 is 11.9. The van der Waals surface area contributed by atoms with Crippen LogP contribution >= 0.6 is 11.8 Å². The second kappa shape index (κ2) is 9.02. The Bertz CT molecular complexity index is 1350. The first-order chi connectivity index (χ1) is 16.2. The molecule has 1 aromatic carbocycles. The standard InChI is InChI=1S/C23H19N3O7S/c1-13-10-15(14(2)25(13)16-4-6-17(7-5-16)26(30)31)11-20-21(27)24(23(29)34-20)12-18-8-9-19(33-18)22(28)32-3/h4-11H,12H2,1-3H3/b20-11-. The van der Waals surface area contributed by atoms with Gasteiger partial charge in [-0.15, -0.1) is 0 Å². The third-order valence-corrected chi connectivity index (χ3v) is 6.22. The molecule has 4 rings (SSSR count). The number of aromatic nitrogens is 1. The Morgan fingerprint density at radius 3 is 2.53 bits per heavy atom. The Morgan fingerprint density at radius 1 is 1.18 bits per heavy atom. The molecule has 1 aliphatic heterocycles. The molecule has 1 aliphatic rings. The van der Waals surface area contributed by atoms with Gasteiger partial charge in [-0.3, -0.25) is 24.6 Å². The van der Waals surface area contributed by atoms with E-state index in [2.05, 4.69) is 4.74 Å². The zero-order chi connectivity index (χ0) is 24.6. The maximum absolute atomic E-state index is 12.9. The largest absolute Gasteiger partial charge is 0.463 e. The molecular weight excluding hydrogens is 462 g/mol. The zero-order valence-electron chi connectivity index (χ0n) is 18.4. The molecule has 3 heterocycles. The first kappa shape index (κ1) is 23.1. The molecule has 3 aromatic rings. The van der Waals surface area contributed by atoms with Gasteiger partial charge in [0.15, 0.2) is 0 Å². The Morgan fingerprint density at radius 2 is 1.88 bits per heavy atom. The summed E-state index contributed by atoms with van der Waals surface area (Å²) in [6.07, 6.45) is 1.65. The van der Waals surface area contributed by atoms with Crippen molar-refractivity contribution >= 4 is 40.6 Å². The number of methoxy groups -OCH3 is 1. The molecule has 0 saturated carbocycles. The molecule has 1 saturated heterocycles. The van der Waals surface area contributed by atoms with Crippen molar-refractivity contribution in [1.29, 1.82) is 0 Å². The molecule has 174 valence electrons. The van der Waals surface area contributed by atoms with Crippen LogP contribution in [0.2, 0.25) is 0 Å². The smallest absolute Gasteiger partial charge is 0.373 e. The number of non-ortho nitro benzene ring substituents is 1. The van der Waals surface area contributed by atoms with E-state index in [-0.39, 0.29) is 28.7 Å². The predicted molar refractivity (Wildman–Crippen MR) is 123 cm³/mol. The molecule has 2 aromatic heterocycles. The van der Waals surface area contributed by atoms with Gasteiger partial charge in [-0.2, -0.15) is 0 Å². The number of esters is 1. The van der Waals surface area contributed by atoms with Crippen LogP contribution in [0.1, 0.15) is 33.3 Å². The van der Waals surface area contributed by atoms with Crippen LogP contribution in [0.3, 0.4) is 0 Å². The monoisotopic (exact) mass is 481 g/mol. The number of furan rings is 1. The van der Waals surface area contributed by atoms with Crippen LogP contribution in [0.15, 0.2) is 51.8 Å². The van der Waals surface area contributed by atoms with E-state index in [1.54, 1.807) is 18.2 Å². The molecule has 0 spiro atoms. The fourth-order valence-corrected chi connectivity index (χ4v) is 4.49. The zero-order valence-corrected chi connectivity index (χ0v) is 19.3. The van der Waals surface area contributed by atoms with Gasteiger partial charge in [-0.05, 0) is 67.6 Å². The molecule has 34 heavy (non-hydrogen) atoms. The van der Waals surface area contributed by atoms with E-state index in [0.29, 0.717) is 0 Å². The van der Waals surface area contributed by atoms with Gasteiger partial charge < -0.3 is 13.7 Å². The molecule has 0 unspecified atom stereocenters. The number of hydrogen-bond donors (Lipinski definition) is 0. The normalized spacial score (nSPS) is 14.8. The average molecular weight is 481 g/mol. The number of nitrogens with zero attached hydrogens (tertiary/aromatic N) is 3. The second-order valence-corrected chi connectivity index (χ2v) is 8.45. The fourth-order valence-electron chi connectivity index (χ4n) is 3.66. The first-order valence-electron chi connectivity index (χ1n) is 10.1. The number of benzene rings is 1. The maximum atomic E-state index is 12.9. The number of imide groups is 1. The minimum absolute atomic E-state index is 0.00428. The Hall–Kier alpha value is -4.12. The van der Waals surface area contributed by atoms with Crippen LogP contribution in [-0.4, -0.2) is 38.6 Å². The molecule has 2 amide bonds. The highest BCUT2D eigenvalue weighted by atomic mass is 32.2. The van der Waals surface area contributed by atoms with Gasteiger partial charge in [-0.1, -0.05) is 0 Å². The number of rotatable bonds is 6. The van der Waals surface area contributed by atoms with E-state index < -0.39 is 22.0 Å². The lowest BCUT2D eigenvalue weighted by Crippen LogP contribution is -2.27. The summed E-state index contributed by atoms with van der Waals surface area (Å²) in [6.45, 7) is 3.63. The number of hydrogen-bond acceptors (Lipinski definition) is 8. The molecule has 0 aliphatic carbocycles. The number of ether oxygens (including phenoxy) is 1. The van der Waals surface area contributed by atoms with Gasteiger partial charge in [0.25, 0.3) is 16.8 Å². The van der Waals surface area contributed by atoms with E-state index in [1.165, 1.54) is 31.4 Å². The maximum Gasteiger partial charge on any atom is 0.373 e. The second-order valence-electron chi connectivity index (χ2n) is 7.46. The molecule has 11 heteroatoms. The van der Waals surface area contributed by atoms with Crippen LogP contribution in [0.5, 0.6) is 0 Å². The van der Waals surface area contributed by atoms with E-state index in [4.69, 9.17) is 4.42 Å². The van der Waals surface area contributed by atoms with E-state index in [9.17, 15) is 24.5 Å². The van der Waals surface area contributed by atoms with Crippen LogP contribution < -0.4 is 0 Å². The van der Waals surface area contributed by atoms with Crippen LogP contribution in [0, 0.1) is 24.0 Å². The number of nitro groups is 1. The predicted octanol–water partition coefficient (Wildman–Crippen LogP) is 4.62. The van der Waals surface area contributed by atoms with Gasteiger partial charge in [0.1, 0.15) is 5.76 Å². The molecule has 1 fully saturated rings. The van der Waals surface area contributed by atoms with Crippen molar-refractivity contribution in [2.24, 2.45) is 0 Å². The number of nitro benzene ring substituents is 1. The summed E-state index contributed by atoms with van der Waals surface area (Å²) in [5.74, 6) is -0.853. The molecule has 0 radical (unpaired) electrons. The summed E-state index contributed by atoms with van der Waals surface area (Å²) in [7, 11) is 1.23. The van der Waals surface area contributed by atoms with Crippen molar-refractivity contribution in [2.75, 3.05) is 7.11 Å². The van der Waals surface area contributed by atoms with E-state index >= 15 is 0 Å². The van der Waals surface area contributed by atoms with Crippen LogP contribution in [-0.2, 0) is 16.1 Å². The van der Waals surface area contributed by atoms with Crippen LogP contribution in [0.4, 0.5) is 10.5 Å². The summed E-state index contributed by atoms with van der Waals surface area (Å²) in [4.78, 5) is 48.7. The third-order valence-electron chi connectivity index (χ3n) is 5.31. The SMILES string of the molecule is COC(=O)c1ccc(CN2C(=O)S/C(=C\c3cc(C)n(-c4ccc([N+](=O)[O-])cc4)c3C)C2=O)o1. The Labute approximate surface area is 197 Å². The number of carbonyl (C=O) groups excluding carboxylic acids is 3. The number of thioether (sulfide) groups is 1. The van der Waals surface area contributed by atoms with E-state index in [1.807, 2.05) is 24.5 Å². The summed E-state index contributed by atoms with van der Waals surface area (Å²) >= 11 is 0.819. The van der Waals surface area contributed by atoms with E-state index in [0.717, 1.165) is 39.3 Å². The first-order valence-corrected chi connectivity index (χ1v) is 10.9.